The third kappa shape index (κ3) is 2.15. The van der Waals surface area contributed by atoms with Gasteiger partial charge in [0.2, 0.25) is 0 Å². The summed E-state index contributed by atoms with van der Waals surface area (Å²) in [6.45, 7) is 3.69. The van der Waals surface area contributed by atoms with Gasteiger partial charge in [-0.2, -0.15) is 0 Å². The number of ether oxygens (including phenoxy) is 2. The monoisotopic (exact) mass is 261 g/mol. The molecule has 0 N–H and O–H groups in total. The van der Waals surface area contributed by atoms with E-state index in [1.54, 1.807) is 0 Å². The first kappa shape index (κ1) is 12.6. The lowest BCUT2D eigenvalue weighted by atomic mass is 9.81. The van der Waals surface area contributed by atoms with Crippen LogP contribution in [-0.4, -0.2) is 44.3 Å². The molecular weight excluding hydrogens is 242 g/mol. The van der Waals surface area contributed by atoms with Gasteiger partial charge in [-0.25, -0.2) is 0 Å². The van der Waals surface area contributed by atoms with Crippen molar-refractivity contribution in [2.45, 2.75) is 6.54 Å². The van der Waals surface area contributed by atoms with Crippen molar-refractivity contribution in [1.82, 2.24) is 4.90 Å². The molecule has 0 saturated carbocycles. The summed E-state index contributed by atoms with van der Waals surface area (Å²) < 4.78 is 10.5. The Hall–Kier alpha value is -1.39. The molecular formula is C15H19NO3. The molecule has 19 heavy (non-hydrogen) atoms. The van der Waals surface area contributed by atoms with Crippen LogP contribution in [0.25, 0.3) is 0 Å². The maximum Gasteiger partial charge on any atom is 0.315 e. The number of esters is 1. The minimum atomic E-state index is -0.441. The normalized spacial score (nSPS) is 30.3. The van der Waals surface area contributed by atoms with Crippen LogP contribution in [-0.2, 0) is 20.8 Å². The van der Waals surface area contributed by atoms with Gasteiger partial charge in [0.15, 0.2) is 0 Å². The quantitative estimate of drug-likeness (QED) is 0.769. The fourth-order valence-electron chi connectivity index (χ4n) is 3.29. The van der Waals surface area contributed by atoms with E-state index in [1.165, 1.54) is 12.7 Å². The lowest BCUT2D eigenvalue weighted by Gasteiger charge is -2.24. The molecule has 0 unspecified atom stereocenters. The fourth-order valence-corrected chi connectivity index (χ4v) is 3.29. The summed E-state index contributed by atoms with van der Waals surface area (Å²) in [5.41, 5.74) is 0.840. The topological polar surface area (TPSA) is 38.8 Å². The second-order valence-corrected chi connectivity index (χ2v) is 5.51. The number of likely N-dealkylation sites (tertiary alicyclic amines) is 1. The highest BCUT2D eigenvalue weighted by Gasteiger charge is 2.56. The summed E-state index contributed by atoms with van der Waals surface area (Å²) in [4.78, 5) is 14.4. The van der Waals surface area contributed by atoms with E-state index in [0.717, 1.165) is 19.6 Å². The average Bonchev–Trinajstić information content (AvgIpc) is 2.96. The van der Waals surface area contributed by atoms with E-state index in [1.807, 2.05) is 18.2 Å². The van der Waals surface area contributed by atoms with Crippen LogP contribution in [0.1, 0.15) is 5.56 Å². The third-order valence-corrected chi connectivity index (χ3v) is 4.29. The minimum absolute atomic E-state index is 0.120. The minimum Gasteiger partial charge on any atom is -0.468 e. The second-order valence-electron chi connectivity index (χ2n) is 5.51. The Labute approximate surface area is 113 Å². The van der Waals surface area contributed by atoms with Crippen LogP contribution in [0.4, 0.5) is 0 Å². The third-order valence-electron chi connectivity index (χ3n) is 4.29. The number of nitrogens with zero attached hydrogens (tertiary/aromatic N) is 1. The van der Waals surface area contributed by atoms with Crippen LogP contribution in [0.2, 0.25) is 0 Å². The van der Waals surface area contributed by atoms with E-state index in [4.69, 9.17) is 9.47 Å². The van der Waals surface area contributed by atoms with Crippen LogP contribution < -0.4 is 0 Å². The summed E-state index contributed by atoms with van der Waals surface area (Å²) in [6.07, 6.45) is 0. The van der Waals surface area contributed by atoms with Crippen molar-refractivity contribution >= 4 is 5.97 Å². The number of hydrogen-bond donors (Lipinski definition) is 0. The molecule has 2 heterocycles. The van der Waals surface area contributed by atoms with Gasteiger partial charge in [0.1, 0.15) is 5.41 Å². The number of carbonyl (C=O) groups is 1. The van der Waals surface area contributed by atoms with Crippen molar-refractivity contribution in [3.05, 3.63) is 35.9 Å². The van der Waals surface area contributed by atoms with Crippen molar-refractivity contribution in [3.8, 4) is 0 Å². The average molecular weight is 261 g/mol. The zero-order chi connectivity index (χ0) is 13.3. The molecule has 0 bridgehead atoms. The Morgan fingerprint density at radius 1 is 1.47 bits per heavy atom. The first-order valence-corrected chi connectivity index (χ1v) is 6.67. The van der Waals surface area contributed by atoms with Crippen LogP contribution in [0, 0.1) is 11.3 Å². The van der Waals surface area contributed by atoms with E-state index in [0.29, 0.717) is 13.2 Å². The molecule has 2 atom stereocenters. The zero-order valence-corrected chi connectivity index (χ0v) is 11.2. The van der Waals surface area contributed by atoms with E-state index < -0.39 is 5.41 Å². The first-order chi connectivity index (χ1) is 9.24. The van der Waals surface area contributed by atoms with Gasteiger partial charge in [0, 0.05) is 25.6 Å². The van der Waals surface area contributed by atoms with Crippen molar-refractivity contribution in [2.24, 2.45) is 11.3 Å². The van der Waals surface area contributed by atoms with Gasteiger partial charge in [-0.15, -0.1) is 0 Å². The Morgan fingerprint density at radius 3 is 3.00 bits per heavy atom. The summed E-state index contributed by atoms with van der Waals surface area (Å²) in [6, 6.07) is 10.4. The van der Waals surface area contributed by atoms with E-state index in [2.05, 4.69) is 17.0 Å². The van der Waals surface area contributed by atoms with Crippen LogP contribution >= 0.6 is 0 Å². The molecule has 102 valence electrons. The molecule has 0 aromatic heterocycles. The maximum atomic E-state index is 12.1. The predicted molar refractivity (Wildman–Crippen MR) is 70.5 cm³/mol. The predicted octanol–water partition coefficient (Wildman–Crippen LogP) is 1.31. The highest BCUT2D eigenvalue weighted by Crippen LogP contribution is 2.42. The lowest BCUT2D eigenvalue weighted by Crippen LogP contribution is -2.40. The standard InChI is InChI=1S/C15H19NO3/c1-18-14(17)15-10-16(8-13(15)9-19-11-15)7-12-5-3-2-4-6-12/h2-6,13H,7-11H2,1H3/t13-,15-/m1/s1. The molecule has 1 aromatic rings. The largest absolute Gasteiger partial charge is 0.468 e. The fraction of sp³-hybridized carbons (Fsp3) is 0.533. The molecule has 4 nitrogen and oxygen atoms in total. The van der Waals surface area contributed by atoms with Gasteiger partial charge in [0.05, 0.1) is 20.3 Å². The Balaban J connectivity index is 1.73. The lowest BCUT2D eigenvalue weighted by molar-refractivity contribution is -0.153. The number of fused-ring (bicyclic) bond motifs is 1. The molecule has 2 saturated heterocycles. The van der Waals surface area contributed by atoms with E-state index in [-0.39, 0.29) is 11.9 Å². The van der Waals surface area contributed by atoms with Gasteiger partial charge in [0.25, 0.3) is 0 Å². The van der Waals surface area contributed by atoms with Crippen LogP contribution in [0.5, 0.6) is 0 Å². The first-order valence-electron chi connectivity index (χ1n) is 6.67. The number of methoxy groups -OCH3 is 1. The van der Waals surface area contributed by atoms with Gasteiger partial charge >= 0.3 is 5.97 Å². The zero-order valence-electron chi connectivity index (χ0n) is 11.2. The number of benzene rings is 1. The molecule has 4 heteroatoms. The van der Waals surface area contributed by atoms with Crippen LogP contribution in [0.15, 0.2) is 30.3 Å². The van der Waals surface area contributed by atoms with Crippen LogP contribution in [0.3, 0.4) is 0 Å². The van der Waals surface area contributed by atoms with Gasteiger partial charge in [-0.05, 0) is 5.56 Å². The van der Waals surface area contributed by atoms with Gasteiger partial charge in [-0.1, -0.05) is 30.3 Å². The molecule has 2 aliphatic rings. The summed E-state index contributed by atoms with van der Waals surface area (Å²) in [7, 11) is 1.46. The number of carbonyl (C=O) groups excluding carboxylic acids is 1. The Bertz CT molecular complexity index is 462. The van der Waals surface area contributed by atoms with Crippen molar-refractivity contribution in [3.63, 3.8) is 0 Å². The van der Waals surface area contributed by atoms with Crippen molar-refractivity contribution < 1.29 is 14.3 Å². The Morgan fingerprint density at radius 2 is 2.26 bits per heavy atom. The highest BCUT2D eigenvalue weighted by molar-refractivity contribution is 5.78. The molecule has 1 aromatic carbocycles. The number of hydrogen-bond acceptors (Lipinski definition) is 4. The summed E-state index contributed by atoms with van der Waals surface area (Å²) >= 11 is 0. The SMILES string of the molecule is COC(=O)[C@]12COC[C@H]1CN(Cc1ccccc1)C2. The number of rotatable bonds is 3. The second kappa shape index (κ2) is 4.94. The molecule has 2 aliphatic heterocycles. The highest BCUT2D eigenvalue weighted by atomic mass is 16.5. The smallest absolute Gasteiger partial charge is 0.315 e. The Kier molecular flexibility index (Phi) is 3.29. The van der Waals surface area contributed by atoms with Crippen molar-refractivity contribution in [2.75, 3.05) is 33.4 Å². The molecule has 0 radical (unpaired) electrons. The molecule has 0 spiro atoms. The maximum absolute atomic E-state index is 12.1. The molecule has 0 aliphatic carbocycles. The summed E-state index contributed by atoms with van der Waals surface area (Å²) in [5, 5.41) is 0. The van der Waals surface area contributed by atoms with E-state index in [9.17, 15) is 4.79 Å². The van der Waals surface area contributed by atoms with Gasteiger partial charge in [-0.3, -0.25) is 9.69 Å². The molecule has 2 fully saturated rings. The summed E-state index contributed by atoms with van der Waals surface area (Å²) in [5.74, 6) is 0.147. The molecule has 0 amide bonds. The van der Waals surface area contributed by atoms with Gasteiger partial charge < -0.3 is 9.47 Å². The van der Waals surface area contributed by atoms with E-state index >= 15 is 0 Å². The van der Waals surface area contributed by atoms with Crippen molar-refractivity contribution in [1.29, 1.82) is 0 Å². The molecule has 3 rings (SSSR count).